The molecule has 1 fully saturated rings. The third-order valence-electron chi connectivity index (χ3n) is 4.53. The van der Waals surface area contributed by atoms with E-state index in [2.05, 4.69) is 9.97 Å². The summed E-state index contributed by atoms with van der Waals surface area (Å²) in [6.45, 7) is 2.71. The van der Waals surface area contributed by atoms with Crippen LogP contribution in [0, 0.1) is 5.82 Å². The van der Waals surface area contributed by atoms with Gasteiger partial charge in [0.05, 0.1) is 23.2 Å². The van der Waals surface area contributed by atoms with E-state index in [-0.39, 0.29) is 23.0 Å². The molecule has 3 rings (SSSR count). The van der Waals surface area contributed by atoms with Gasteiger partial charge in [0.25, 0.3) is 0 Å². The fourth-order valence-electron chi connectivity index (χ4n) is 3.12. The number of halogens is 1. The highest BCUT2D eigenvalue weighted by Crippen LogP contribution is 2.32. The van der Waals surface area contributed by atoms with Crippen LogP contribution < -0.4 is 0 Å². The molecule has 1 aliphatic rings. The Balaban J connectivity index is 1.85. The van der Waals surface area contributed by atoms with Gasteiger partial charge in [-0.2, -0.15) is 11.8 Å². The van der Waals surface area contributed by atoms with Crippen molar-refractivity contribution < 1.29 is 9.18 Å². The lowest BCUT2D eigenvalue weighted by molar-refractivity contribution is -0.134. The Morgan fingerprint density at radius 1 is 1.46 bits per heavy atom. The number of carbonyl (C=O) groups excluding carboxylic acids is 1. The first-order valence-corrected chi connectivity index (χ1v) is 9.53. The first-order valence-electron chi connectivity index (χ1n) is 8.24. The van der Waals surface area contributed by atoms with E-state index in [4.69, 9.17) is 0 Å². The zero-order valence-electron chi connectivity index (χ0n) is 14.0. The van der Waals surface area contributed by atoms with E-state index in [0.717, 1.165) is 42.9 Å². The number of nitrogens with zero attached hydrogens (tertiary/aromatic N) is 2. The normalized spacial score (nSPS) is 19.3. The molecule has 128 valence electrons. The van der Waals surface area contributed by atoms with Crippen molar-refractivity contribution in [2.24, 2.45) is 0 Å². The molecule has 24 heavy (non-hydrogen) atoms. The number of hydrogen-bond donors (Lipinski definition) is 1. The van der Waals surface area contributed by atoms with Crippen molar-refractivity contribution in [3.8, 4) is 11.3 Å². The average molecular weight is 347 g/mol. The van der Waals surface area contributed by atoms with Crippen LogP contribution in [0.3, 0.4) is 0 Å². The van der Waals surface area contributed by atoms with E-state index in [9.17, 15) is 9.18 Å². The summed E-state index contributed by atoms with van der Waals surface area (Å²) in [5, 5.41) is -0.0525. The van der Waals surface area contributed by atoms with Crippen LogP contribution in [0.4, 0.5) is 4.39 Å². The fourth-order valence-corrected chi connectivity index (χ4v) is 3.46. The highest BCUT2D eigenvalue weighted by molar-refractivity contribution is 7.99. The lowest BCUT2D eigenvalue weighted by atomic mass is 10.0. The van der Waals surface area contributed by atoms with Gasteiger partial charge in [-0.15, -0.1) is 0 Å². The smallest absolute Gasteiger partial charge is 0.236 e. The van der Waals surface area contributed by atoms with Crippen LogP contribution in [0.2, 0.25) is 0 Å². The molecule has 2 atom stereocenters. The van der Waals surface area contributed by atoms with Crippen LogP contribution in [0.25, 0.3) is 11.3 Å². The number of H-pyrrole nitrogens is 1. The van der Waals surface area contributed by atoms with E-state index in [1.54, 1.807) is 24.0 Å². The van der Waals surface area contributed by atoms with Gasteiger partial charge in [0.1, 0.15) is 11.6 Å². The quantitative estimate of drug-likeness (QED) is 0.909. The fraction of sp³-hybridized carbons (Fsp3) is 0.444. The highest BCUT2D eigenvalue weighted by Gasteiger charge is 2.32. The number of aromatic nitrogens is 2. The summed E-state index contributed by atoms with van der Waals surface area (Å²) in [4.78, 5) is 22.4. The number of benzene rings is 1. The molecule has 1 saturated heterocycles. The van der Waals surface area contributed by atoms with Crippen LogP contribution in [-0.2, 0) is 4.79 Å². The minimum atomic E-state index is -0.271. The number of thioether (sulfide) groups is 1. The maximum Gasteiger partial charge on any atom is 0.236 e. The third-order valence-corrected chi connectivity index (χ3v) is 5.44. The molecule has 1 aromatic heterocycles. The molecular formula is C18H22FN3OS. The second-order valence-corrected chi connectivity index (χ2v) is 7.29. The molecule has 1 aromatic carbocycles. The third kappa shape index (κ3) is 3.48. The zero-order valence-corrected chi connectivity index (χ0v) is 14.8. The van der Waals surface area contributed by atoms with E-state index >= 15 is 0 Å². The Bertz CT molecular complexity index is 718. The molecule has 1 amide bonds. The number of imidazole rings is 1. The van der Waals surface area contributed by atoms with Crippen molar-refractivity contribution in [2.45, 2.75) is 37.5 Å². The number of aromatic amines is 1. The van der Waals surface area contributed by atoms with Gasteiger partial charge in [-0.25, -0.2) is 9.37 Å². The zero-order chi connectivity index (χ0) is 17.1. The topological polar surface area (TPSA) is 49.0 Å². The summed E-state index contributed by atoms with van der Waals surface area (Å²) < 4.78 is 13.4. The van der Waals surface area contributed by atoms with E-state index in [0.29, 0.717) is 0 Å². The summed E-state index contributed by atoms with van der Waals surface area (Å²) in [7, 11) is 0. The summed E-state index contributed by atoms with van der Waals surface area (Å²) in [6.07, 6.45) is 6.69. The number of likely N-dealkylation sites (tertiary alicyclic amines) is 1. The second-order valence-electron chi connectivity index (χ2n) is 6.11. The monoisotopic (exact) mass is 347 g/mol. The Kier molecular flexibility index (Phi) is 5.23. The lowest BCUT2D eigenvalue weighted by Crippen LogP contribution is -2.42. The number of hydrogen-bond acceptors (Lipinski definition) is 3. The number of nitrogens with one attached hydrogen (secondary N) is 1. The maximum absolute atomic E-state index is 13.4. The van der Waals surface area contributed by atoms with E-state index < -0.39 is 0 Å². The second kappa shape index (κ2) is 7.38. The minimum absolute atomic E-state index is 0.0249. The molecule has 0 radical (unpaired) electrons. The van der Waals surface area contributed by atoms with Crippen LogP contribution in [-0.4, -0.2) is 38.8 Å². The summed E-state index contributed by atoms with van der Waals surface area (Å²) in [5.41, 5.74) is 1.54. The van der Waals surface area contributed by atoms with Crippen molar-refractivity contribution in [1.82, 2.24) is 14.9 Å². The van der Waals surface area contributed by atoms with Gasteiger partial charge in [-0.1, -0.05) is 12.1 Å². The molecule has 0 aliphatic carbocycles. The first kappa shape index (κ1) is 17.0. The molecule has 6 heteroatoms. The number of amides is 1. The highest BCUT2D eigenvalue weighted by atomic mass is 32.2. The van der Waals surface area contributed by atoms with Crippen molar-refractivity contribution in [2.75, 3.05) is 12.8 Å². The number of carbonyl (C=O) groups is 1. The molecule has 0 spiro atoms. The molecule has 2 aromatic rings. The average Bonchev–Trinajstić information content (AvgIpc) is 3.10. The van der Waals surface area contributed by atoms with Gasteiger partial charge in [0.15, 0.2) is 0 Å². The molecule has 1 aliphatic heterocycles. The number of rotatable bonds is 4. The number of piperidine rings is 1. The Labute approximate surface area is 145 Å². The van der Waals surface area contributed by atoms with Crippen molar-refractivity contribution in [3.05, 3.63) is 42.1 Å². The van der Waals surface area contributed by atoms with Gasteiger partial charge >= 0.3 is 0 Å². The van der Waals surface area contributed by atoms with Crippen molar-refractivity contribution in [3.63, 3.8) is 0 Å². The van der Waals surface area contributed by atoms with Crippen LogP contribution in [0.1, 0.15) is 38.1 Å². The molecule has 2 heterocycles. The van der Waals surface area contributed by atoms with Gasteiger partial charge in [0, 0.05) is 12.1 Å². The van der Waals surface area contributed by atoms with Gasteiger partial charge in [0.2, 0.25) is 5.91 Å². The van der Waals surface area contributed by atoms with E-state index in [1.807, 2.05) is 24.1 Å². The Hall–Kier alpha value is -1.82. The van der Waals surface area contributed by atoms with Crippen LogP contribution in [0.5, 0.6) is 0 Å². The molecule has 1 N–H and O–H groups in total. The molecule has 0 saturated carbocycles. The van der Waals surface area contributed by atoms with Crippen molar-refractivity contribution in [1.29, 1.82) is 0 Å². The molecule has 0 bridgehead atoms. The van der Waals surface area contributed by atoms with Crippen LogP contribution >= 0.6 is 11.8 Å². The SMILES string of the molecule is CS[C@H](C)C(=O)N1CCCC[C@H]1c1ncc(-c2cccc(F)c2)[nH]1. The largest absolute Gasteiger partial charge is 0.340 e. The lowest BCUT2D eigenvalue weighted by Gasteiger charge is -2.36. The molecular weight excluding hydrogens is 325 g/mol. The maximum atomic E-state index is 13.4. The van der Waals surface area contributed by atoms with E-state index in [1.165, 1.54) is 12.1 Å². The molecule has 0 unspecified atom stereocenters. The van der Waals surface area contributed by atoms with Gasteiger partial charge < -0.3 is 9.88 Å². The Morgan fingerprint density at radius 3 is 3.04 bits per heavy atom. The predicted molar refractivity (Wildman–Crippen MR) is 95.3 cm³/mol. The first-order chi connectivity index (χ1) is 11.6. The Morgan fingerprint density at radius 2 is 2.29 bits per heavy atom. The minimum Gasteiger partial charge on any atom is -0.340 e. The van der Waals surface area contributed by atoms with Gasteiger partial charge in [-0.05, 0) is 44.6 Å². The van der Waals surface area contributed by atoms with Gasteiger partial charge in [-0.3, -0.25) is 4.79 Å². The standard InChI is InChI=1S/C18H22FN3OS/c1-12(24-2)18(23)22-9-4-3-8-16(22)17-20-11-15(21-17)13-6-5-7-14(19)10-13/h5-7,10-12,16H,3-4,8-9H2,1-2H3,(H,20,21)/t12-,16+/m1/s1. The summed E-state index contributed by atoms with van der Waals surface area (Å²) in [5.74, 6) is 0.679. The molecule has 4 nitrogen and oxygen atoms in total. The van der Waals surface area contributed by atoms with Crippen molar-refractivity contribution >= 4 is 17.7 Å². The summed E-state index contributed by atoms with van der Waals surface area (Å²) >= 11 is 1.56. The summed E-state index contributed by atoms with van der Waals surface area (Å²) in [6, 6.07) is 6.41. The predicted octanol–water partition coefficient (Wildman–Crippen LogP) is 4.02. The van der Waals surface area contributed by atoms with Crippen LogP contribution in [0.15, 0.2) is 30.5 Å².